The van der Waals surface area contributed by atoms with Gasteiger partial charge in [0.2, 0.25) is 5.82 Å². The van der Waals surface area contributed by atoms with Crippen molar-refractivity contribution in [2.45, 2.75) is 39.5 Å². The first-order chi connectivity index (χ1) is 9.85. The Morgan fingerprint density at radius 2 is 2.10 bits per heavy atom. The smallest absolute Gasteiger partial charge is 0.212 e. The van der Waals surface area contributed by atoms with Gasteiger partial charge < -0.3 is 10.1 Å². The summed E-state index contributed by atoms with van der Waals surface area (Å²) >= 11 is 6.28. The van der Waals surface area contributed by atoms with Gasteiger partial charge in [-0.25, -0.2) is 0 Å². The first kappa shape index (κ1) is 15.7. The Labute approximate surface area is 129 Å². The van der Waals surface area contributed by atoms with Gasteiger partial charge in [0.05, 0.1) is 7.05 Å². The van der Waals surface area contributed by atoms with E-state index in [1.54, 1.807) is 7.05 Å². The summed E-state index contributed by atoms with van der Waals surface area (Å²) in [5.41, 5.74) is 0.932. The Bertz CT molecular complexity index is 606. The zero-order chi connectivity index (χ0) is 15.5. The van der Waals surface area contributed by atoms with Gasteiger partial charge in [0.15, 0.2) is 6.61 Å². The molecular formula is C14H20ClN5O. The molecule has 0 bridgehead atoms. The van der Waals surface area contributed by atoms with Crippen molar-refractivity contribution in [3.8, 4) is 5.75 Å². The van der Waals surface area contributed by atoms with Crippen LogP contribution in [0.2, 0.25) is 5.02 Å². The van der Waals surface area contributed by atoms with Crippen LogP contribution in [0.25, 0.3) is 0 Å². The quantitative estimate of drug-likeness (QED) is 0.918. The summed E-state index contributed by atoms with van der Waals surface area (Å²) in [5, 5.41) is 15.8. The Morgan fingerprint density at radius 1 is 1.33 bits per heavy atom. The number of tetrazole rings is 1. The highest BCUT2D eigenvalue weighted by molar-refractivity contribution is 6.31. The molecule has 0 spiro atoms. The number of nitrogens with one attached hydrogen (secondary N) is 1. The fraction of sp³-hybridized carbons (Fsp3) is 0.500. The molecule has 0 aliphatic rings. The number of hydrogen-bond acceptors (Lipinski definition) is 5. The molecular weight excluding hydrogens is 290 g/mol. The van der Waals surface area contributed by atoms with Gasteiger partial charge in [0.1, 0.15) is 5.75 Å². The molecule has 6 nitrogen and oxygen atoms in total. The van der Waals surface area contributed by atoms with Crippen molar-refractivity contribution >= 4 is 11.6 Å². The predicted octanol–water partition coefficient (Wildman–Crippen LogP) is 2.33. The van der Waals surface area contributed by atoms with Crippen LogP contribution in [0.4, 0.5) is 0 Å². The van der Waals surface area contributed by atoms with E-state index in [9.17, 15) is 0 Å². The van der Waals surface area contributed by atoms with Crippen LogP contribution in [0, 0.1) is 0 Å². The molecule has 2 rings (SSSR count). The van der Waals surface area contributed by atoms with Crippen LogP contribution < -0.4 is 10.1 Å². The molecule has 0 saturated carbocycles. The number of hydrogen-bond donors (Lipinski definition) is 1. The molecule has 7 heteroatoms. The Balaban J connectivity index is 2.09. The van der Waals surface area contributed by atoms with E-state index in [1.807, 2.05) is 18.2 Å². The van der Waals surface area contributed by atoms with E-state index in [2.05, 4.69) is 41.5 Å². The molecule has 1 aromatic heterocycles. The van der Waals surface area contributed by atoms with Crippen LogP contribution >= 0.6 is 11.6 Å². The first-order valence-electron chi connectivity index (χ1n) is 6.73. The molecule has 0 atom stereocenters. The lowest BCUT2D eigenvalue weighted by Crippen LogP contribution is -2.35. The molecule has 114 valence electrons. The van der Waals surface area contributed by atoms with E-state index in [4.69, 9.17) is 16.3 Å². The van der Waals surface area contributed by atoms with Gasteiger partial charge in [-0.15, -0.1) is 10.2 Å². The van der Waals surface area contributed by atoms with Crippen molar-refractivity contribution in [1.82, 2.24) is 25.5 Å². The molecule has 0 aliphatic carbocycles. The van der Waals surface area contributed by atoms with E-state index in [-0.39, 0.29) is 12.1 Å². The van der Waals surface area contributed by atoms with Crippen molar-refractivity contribution in [2.75, 3.05) is 0 Å². The molecule has 1 N–H and O–H groups in total. The summed E-state index contributed by atoms with van der Waals surface area (Å²) in [7, 11) is 1.72. The standard InChI is InChI=1S/C14H20ClN5O/c1-14(2,3)16-8-10-11(15)6-5-7-12(10)21-9-13-17-19-20(4)18-13/h5-7,16H,8-9H2,1-4H3. The zero-order valence-electron chi connectivity index (χ0n) is 12.7. The molecule has 1 heterocycles. The summed E-state index contributed by atoms with van der Waals surface area (Å²) in [4.78, 5) is 1.40. The number of rotatable bonds is 5. The summed E-state index contributed by atoms with van der Waals surface area (Å²) in [6.45, 7) is 7.21. The Kier molecular flexibility index (Phi) is 4.80. The van der Waals surface area contributed by atoms with E-state index in [0.29, 0.717) is 17.4 Å². The van der Waals surface area contributed by atoms with Crippen LogP contribution in [-0.2, 0) is 20.2 Å². The summed E-state index contributed by atoms with van der Waals surface area (Å²) in [5.74, 6) is 1.26. The topological polar surface area (TPSA) is 64.9 Å². The SMILES string of the molecule is Cn1nnc(COc2cccc(Cl)c2CNC(C)(C)C)n1. The summed E-state index contributed by atoms with van der Waals surface area (Å²) < 4.78 is 5.78. The van der Waals surface area contributed by atoms with Crippen LogP contribution in [0.5, 0.6) is 5.75 Å². The van der Waals surface area contributed by atoms with Crippen molar-refractivity contribution in [3.05, 3.63) is 34.6 Å². The summed E-state index contributed by atoms with van der Waals surface area (Å²) in [6, 6.07) is 5.61. The maximum Gasteiger partial charge on any atom is 0.212 e. The van der Waals surface area contributed by atoms with E-state index >= 15 is 0 Å². The second-order valence-electron chi connectivity index (χ2n) is 5.80. The van der Waals surface area contributed by atoms with Crippen molar-refractivity contribution in [2.24, 2.45) is 7.05 Å². The van der Waals surface area contributed by atoms with Crippen LogP contribution in [0.15, 0.2) is 18.2 Å². The molecule has 0 fully saturated rings. The molecule has 1 aromatic carbocycles. The Hall–Kier alpha value is -1.66. The number of benzene rings is 1. The van der Waals surface area contributed by atoms with Crippen molar-refractivity contribution in [3.63, 3.8) is 0 Å². The van der Waals surface area contributed by atoms with Gasteiger partial charge in [0.25, 0.3) is 0 Å². The minimum absolute atomic E-state index is 0.00288. The van der Waals surface area contributed by atoms with E-state index < -0.39 is 0 Å². The van der Waals surface area contributed by atoms with Gasteiger partial charge in [0, 0.05) is 22.7 Å². The second kappa shape index (κ2) is 6.41. The van der Waals surface area contributed by atoms with E-state index in [1.165, 1.54) is 4.80 Å². The molecule has 0 aliphatic heterocycles. The number of nitrogens with zero attached hydrogens (tertiary/aromatic N) is 4. The maximum atomic E-state index is 6.28. The molecule has 0 unspecified atom stereocenters. The first-order valence-corrected chi connectivity index (χ1v) is 7.11. The maximum absolute atomic E-state index is 6.28. The lowest BCUT2D eigenvalue weighted by molar-refractivity contribution is 0.290. The van der Waals surface area contributed by atoms with Crippen LogP contribution in [0.1, 0.15) is 32.2 Å². The van der Waals surface area contributed by atoms with Crippen LogP contribution in [0.3, 0.4) is 0 Å². The fourth-order valence-electron chi connectivity index (χ4n) is 1.72. The average molecular weight is 310 g/mol. The predicted molar refractivity (Wildman–Crippen MR) is 81.2 cm³/mol. The third kappa shape index (κ3) is 4.68. The largest absolute Gasteiger partial charge is 0.485 e. The highest BCUT2D eigenvalue weighted by atomic mass is 35.5. The van der Waals surface area contributed by atoms with Gasteiger partial charge in [-0.1, -0.05) is 17.7 Å². The number of ether oxygens (including phenoxy) is 1. The zero-order valence-corrected chi connectivity index (χ0v) is 13.5. The van der Waals surface area contributed by atoms with E-state index in [0.717, 1.165) is 11.3 Å². The highest BCUT2D eigenvalue weighted by Crippen LogP contribution is 2.27. The average Bonchev–Trinajstić information content (AvgIpc) is 2.80. The molecule has 2 aromatic rings. The van der Waals surface area contributed by atoms with Gasteiger partial charge in [-0.3, -0.25) is 0 Å². The minimum Gasteiger partial charge on any atom is -0.485 e. The fourth-order valence-corrected chi connectivity index (χ4v) is 1.96. The normalized spacial score (nSPS) is 11.7. The van der Waals surface area contributed by atoms with Gasteiger partial charge in [-0.2, -0.15) is 4.80 Å². The van der Waals surface area contributed by atoms with Crippen LogP contribution in [-0.4, -0.2) is 25.7 Å². The minimum atomic E-state index is 0.00288. The number of aromatic nitrogens is 4. The third-order valence-electron chi connectivity index (χ3n) is 2.78. The highest BCUT2D eigenvalue weighted by Gasteiger charge is 2.14. The Morgan fingerprint density at radius 3 is 2.71 bits per heavy atom. The number of aryl methyl sites for hydroxylation is 1. The lowest BCUT2D eigenvalue weighted by Gasteiger charge is -2.22. The molecule has 0 radical (unpaired) electrons. The number of halogens is 1. The lowest BCUT2D eigenvalue weighted by atomic mass is 10.1. The summed E-state index contributed by atoms with van der Waals surface area (Å²) in [6.07, 6.45) is 0. The van der Waals surface area contributed by atoms with Crippen molar-refractivity contribution in [1.29, 1.82) is 0 Å². The molecule has 0 saturated heterocycles. The molecule has 21 heavy (non-hydrogen) atoms. The molecule has 0 amide bonds. The monoisotopic (exact) mass is 309 g/mol. The van der Waals surface area contributed by atoms with Gasteiger partial charge in [-0.05, 0) is 38.1 Å². The third-order valence-corrected chi connectivity index (χ3v) is 3.13. The second-order valence-corrected chi connectivity index (χ2v) is 6.21. The van der Waals surface area contributed by atoms with Crippen molar-refractivity contribution < 1.29 is 4.74 Å². The van der Waals surface area contributed by atoms with Gasteiger partial charge >= 0.3 is 0 Å².